The fourth-order valence-electron chi connectivity index (χ4n) is 3.75. The number of nitrogens with one attached hydrogen (secondary N) is 1. The molecule has 0 spiro atoms. The van der Waals surface area contributed by atoms with Gasteiger partial charge in [0.15, 0.2) is 0 Å². The number of hydrogen-bond acceptors (Lipinski definition) is 5. The predicted molar refractivity (Wildman–Crippen MR) is 136 cm³/mol. The second kappa shape index (κ2) is 13.8. The summed E-state index contributed by atoms with van der Waals surface area (Å²) < 4.78 is 32.9. The molecule has 0 aliphatic rings. The quantitative estimate of drug-likeness (QED) is 0.252. The second-order valence-corrected chi connectivity index (χ2v) is 11.8. The maximum atomic E-state index is 12.4. The van der Waals surface area contributed by atoms with E-state index in [0.717, 1.165) is 44.9 Å². The molecule has 188 valence electrons. The van der Waals surface area contributed by atoms with Gasteiger partial charge < -0.3 is 4.74 Å². The van der Waals surface area contributed by atoms with Gasteiger partial charge in [0, 0.05) is 30.4 Å². The van der Waals surface area contributed by atoms with Gasteiger partial charge in [0.1, 0.15) is 5.60 Å². The molecule has 1 atom stereocenters. The third-order valence-corrected chi connectivity index (χ3v) is 7.16. The van der Waals surface area contributed by atoms with Crippen LogP contribution in [0.25, 0.3) is 0 Å². The third-order valence-electron chi connectivity index (χ3n) is 5.43. The van der Waals surface area contributed by atoms with Crippen LogP contribution in [0.5, 0.6) is 0 Å². The minimum absolute atomic E-state index is 0.166. The highest BCUT2D eigenvalue weighted by atomic mass is 35.5. The molecular weight excluding hydrogens is 472 g/mol. The minimum Gasteiger partial charge on any atom is -0.460 e. The first kappa shape index (κ1) is 28.3. The van der Waals surface area contributed by atoms with Gasteiger partial charge in [0.25, 0.3) is 0 Å². The number of carbonyl (C=O) groups is 1. The van der Waals surface area contributed by atoms with Crippen LogP contribution < -0.4 is 4.72 Å². The van der Waals surface area contributed by atoms with Crippen molar-refractivity contribution >= 4 is 27.6 Å². The number of pyridine rings is 1. The van der Waals surface area contributed by atoms with Crippen LogP contribution in [0.1, 0.15) is 71.3 Å². The van der Waals surface area contributed by atoms with E-state index in [-0.39, 0.29) is 10.9 Å². The fourth-order valence-corrected chi connectivity index (χ4v) is 4.95. The number of nitrogens with zero attached hydrogens (tertiary/aromatic N) is 1. The molecule has 0 radical (unpaired) electrons. The van der Waals surface area contributed by atoms with Gasteiger partial charge >= 0.3 is 5.97 Å². The van der Waals surface area contributed by atoms with Gasteiger partial charge in [-0.2, -0.15) is 0 Å². The highest BCUT2D eigenvalue weighted by molar-refractivity contribution is 7.89. The number of benzene rings is 1. The number of ether oxygens (including phenoxy) is 1. The zero-order chi connectivity index (χ0) is 25.0. The van der Waals surface area contributed by atoms with Gasteiger partial charge in [0.05, 0.1) is 4.90 Å². The van der Waals surface area contributed by atoms with E-state index < -0.39 is 15.6 Å². The molecular formula is C26H37ClN2O4S. The molecule has 1 N–H and O–H groups in total. The maximum Gasteiger partial charge on any atom is 0.306 e. The number of unbranched alkanes of at least 4 members (excludes halogenated alkanes) is 1. The molecule has 1 aromatic heterocycles. The van der Waals surface area contributed by atoms with E-state index >= 15 is 0 Å². The van der Waals surface area contributed by atoms with Crippen LogP contribution in [-0.4, -0.2) is 31.5 Å². The standard InChI is InChI=1S/C26H37ClN2O4S/c1-26(2,3)33-25(30)17-12-21(9-6-10-22-11-7-18-28-20-22)8-4-5-19-29-34(31,32)24-15-13-23(27)14-16-24/h7,11,13-16,18,20-21,29H,4-6,8-10,12,17,19H2,1-3H3/t21-/m1/s1. The lowest BCUT2D eigenvalue weighted by molar-refractivity contribution is -0.155. The summed E-state index contributed by atoms with van der Waals surface area (Å²) in [5.74, 6) is 0.220. The van der Waals surface area contributed by atoms with Gasteiger partial charge in [-0.05, 0) is 88.3 Å². The summed E-state index contributed by atoms with van der Waals surface area (Å²) >= 11 is 5.84. The number of aryl methyl sites for hydroxylation is 1. The largest absolute Gasteiger partial charge is 0.460 e. The molecule has 1 heterocycles. The summed E-state index contributed by atoms with van der Waals surface area (Å²) in [7, 11) is -3.54. The summed E-state index contributed by atoms with van der Waals surface area (Å²) in [4.78, 5) is 16.6. The molecule has 0 saturated heterocycles. The second-order valence-electron chi connectivity index (χ2n) is 9.59. The zero-order valence-corrected chi connectivity index (χ0v) is 22.0. The molecule has 6 nitrogen and oxygen atoms in total. The zero-order valence-electron chi connectivity index (χ0n) is 20.4. The molecule has 0 fully saturated rings. The Bertz CT molecular complexity index is 974. The molecule has 0 bridgehead atoms. The Morgan fingerprint density at radius 1 is 1.06 bits per heavy atom. The lowest BCUT2D eigenvalue weighted by Crippen LogP contribution is -2.25. The smallest absolute Gasteiger partial charge is 0.306 e. The number of halogens is 1. The van der Waals surface area contributed by atoms with Crippen LogP contribution in [-0.2, 0) is 26.0 Å². The van der Waals surface area contributed by atoms with Crippen molar-refractivity contribution in [2.24, 2.45) is 5.92 Å². The first-order chi connectivity index (χ1) is 16.0. The van der Waals surface area contributed by atoms with Crippen LogP contribution in [0.3, 0.4) is 0 Å². The van der Waals surface area contributed by atoms with Crippen molar-refractivity contribution in [2.75, 3.05) is 6.54 Å². The molecule has 0 unspecified atom stereocenters. The number of hydrogen-bond donors (Lipinski definition) is 1. The van der Waals surface area contributed by atoms with Crippen molar-refractivity contribution in [2.45, 2.75) is 82.6 Å². The Morgan fingerprint density at radius 3 is 2.41 bits per heavy atom. The Kier molecular flexibility index (Phi) is 11.5. The Labute approximate surface area is 209 Å². The maximum absolute atomic E-state index is 12.4. The number of sulfonamides is 1. The van der Waals surface area contributed by atoms with Gasteiger partial charge in [-0.3, -0.25) is 9.78 Å². The number of esters is 1. The Balaban J connectivity index is 1.79. The lowest BCUT2D eigenvalue weighted by Gasteiger charge is -2.21. The van der Waals surface area contributed by atoms with Crippen molar-refractivity contribution in [3.8, 4) is 0 Å². The molecule has 2 rings (SSSR count). The molecule has 0 aliphatic heterocycles. The highest BCUT2D eigenvalue weighted by Crippen LogP contribution is 2.23. The third kappa shape index (κ3) is 11.4. The summed E-state index contributed by atoms with van der Waals surface area (Å²) in [6.45, 7) is 6.00. The molecule has 0 aliphatic carbocycles. The average Bonchev–Trinajstić information content (AvgIpc) is 2.76. The topological polar surface area (TPSA) is 85.4 Å². The van der Waals surface area contributed by atoms with Crippen molar-refractivity contribution in [3.63, 3.8) is 0 Å². The van der Waals surface area contributed by atoms with Crippen LogP contribution in [0.4, 0.5) is 0 Å². The molecule has 8 heteroatoms. The fraction of sp³-hybridized carbons (Fsp3) is 0.538. The first-order valence-corrected chi connectivity index (χ1v) is 13.8. The summed E-state index contributed by atoms with van der Waals surface area (Å²) in [6.07, 6.45) is 10.4. The highest BCUT2D eigenvalue weighted by Gasteiger charge is 2.18. The Hall–Kier alpha value is -1.96. The molecule has 1 aromatic carbocycles. The van der Waals surface area contributed by atoms with E-state index in [1.165, 1.54) is 17.7 Å². The first-order valence-electron chi connectivity index (χ1n) is 11.9. The summed E-state index contributed by atoms with van der Waals surface area (Å²) in [6, 6.07) is 10.2. The van der Waals surface area contributed by atoms with E-state index in [4.69, 9.17) is 16.3 Å². The monoisotopic (exact) mass is 508 g/mol. The molecule has 0 amide bonds. The van der Waals surface area contributed by atoms with Crippen molar-refractivity contribution in [3.05, 3.63) is 59.4 Å². The van der Waals surface area contributed by atoms with Crippen molar-refractivity contribution in [1.29, 1.82) is 0 Å². The normalized spacial score (nSPS) is 12.9. The summed E-state index contributed by atoms with van der Waals surface area (Å²) in [5.41, 5.74) is 0.735. The van der Waals surface area contributed by atoms with E-state index in [9.17, 15) is 13.2 Å². The van der Waals surface area contributed by atoms with Crippen molar-refractivity contribution < 1.29 is 17.9 Å². The molecule has 0 saturated carbocycles. The molecule has 34 heavy (non-hydrogen) atoms. The van der Waals surface area contributed by atoms with E-state index in [2.05, 4.69) is 15.8 Å². The predicted octanol–water partition coefficient (Wildman–Crippen LogP) is 5.94. The number of rotatable bonds is 14. The lowest BCUT2D eigenvalue weighted by atomic mass is 9.90. The minimum atomic E-state index is -3.54. The van der Waals surface area contributed by atoms with Crippen molar-refractivity contribution in [1.82, 2.24) is 9.71 Å². The van der Waals surface area contributed by atoms with Crippen LogP contribution in [0.2, 0.25) is 5.02 Å². The van der Waals surface area contributed by atoms with Gasteiger partial charge in [-0.1, -0.05) is 36.9 Å². The van der Waals surface area contributed by atoms with Gasteiger partial charge in [-0.15, -0.1) is 0 Å². The van der Waals surface area contributed by atoms with Gasteiger partial charge in [-0.25, -0.2) is 13.1 Å². The van der Waals surface area contributed by atoms with Crippen LogP contribution in [0, 0.1) is 5.92 Å². The number of carbonyl (C=O) groups excluding carboxylic acids is 1. The van der Waals surface area contributed by atoms with E-state index in [1.807, 2.05) is 33.0 Å². The van der Waals surface area contributed by atoms with Crippen LogP contribution >= 0.6 is 11.6 Å². The van der Waals surface area contributed by atoms with Crippen LogP contribution in [0.15, 0.2) is 53.7 Å². The van der Waals surface area contributed by atoms with E-state index in [1.54, 1.807) is 18.3 Å². The SMILES string of the molecule is CC(C)(C)OC(=O)CC[C@H](CCCCNS(=O)(=O)c1ccc(Cl)cc1)CCCc1cccnc1. The summed E-state index contributed by atoms with van der Waals surface area (Å²) in [5, 5.41) is 0.500. The number of aromatic nitrogens is 1. The average molecular weight is 509 g/mol. The Morgan fingerprint density at radius 2 is 1.76 bits per heavy atom. The molecule has 2 aromatic rings. The van der Waals surface area contributed by atoms with Gasteiger partial charge in [0.2, 0.25) is 10.0 Å². The van der Waals surface area contributed by atoms with E-state index in [0.29, 0.717) is 23.9 Å².